The molecule has 0 aliphatic rings. The number of ether oxygens (including phenoxy) is 1. The SMILES string of the molecule is COc1ccc(C(=O)[C@H](C)Sc2nnc(CCC(N)=O)n2CC(C)C)cc1. The lowest BCUT2D eigenvalue weighted by molar-refractivity contribution is -0.118. The van der Waals surface area contributed by atoms with Crippen LogP contribution in [-0.2, 0) is 17.8 Å². The zero-order valence-electron chi connectivity index (χ0n) is 16.1. The molecule has 1 aromatic carbocycles. The van der Waals surface area contributed by atoms with Gasteiger partial charge in [0.1, 0.15) is 11.6 Å². The van der Waals surface area contributed by atoms with E-state index < -0.39 is 0 Å². The van der Waals surface area contributed by atoms with E-state index in [-0.39, 0.29) is 23.4 Å². The highest BCUT2D eigenvalue weighted by Crippen LogP contribution is 2.26. The van der Waals surface area contributed by atoms with Crippen LogP contribution in [0, 0.1) is 5.92 Å². The highest BCUT2D eigenvalue weighted by atomic mass is 32.2. The van der Waals surface area contributed by atoms with Crippen molar-refractivity contribution in [1.29, 1.82) is 0 Å². The number of aromatic nitrogens is 3. The van der Waals surface area contributed by atoms with Gasteiger partial charge in [-0.1, -0.05) is 25.6 Å². The van der Waals surface area contributed by atoms with Crippen LogP contribution in [0.1, 0.15) is 43.4 Å². The fourth-order valence-corrected chi connectivity index (χ4v) is 3.53. The number of rotatable bonds is 10. The summed E-state index contributed by atoms with van der Waals surface area (Å²) in [6.45, 7) is 6.76. The monoisotopic (exact) mass is 390 g/mol. The second-order valence-corrected chi connectivity index (χ2v) is 8.03. The minimum atomic E-state index is -0.369. The maximum atomic E-state index is 12.7. The Balaban J connectivity index is 2.16. The quantitative estimate of drug-likeness (QED) is 0.494. The topological polar surface area (TPSA) is 100 Å². The summed E-state index contributed by atoms with van der Waals surface area (Å²) < 4.78 is 7.11. The van der Waals surface area contributed by atoms with Crippen LogP contribution < -0.4 is 10.5 Å². The lowest BCUT2D eigenvalue weighted by Crippen LogP contribution is -2.17. The number of hydrogen-bond donors (Lipinski definition) is 1. The normalized spacial score (nSPS) is 12.2. The summed E-state index contributed by atoms with van der Waals surface area (Å²) in [5.41, 5.74) is 5.87. The van der Waals surface area contributed by atoms with Crippen molar-refractivity contribution in [3.63, 3.8) is 0 Å². The van der Waals surface area contributed by atoms with Crippen LogP contribution in [0.15, 0.2) is 29.4 Å². The van der Waals surface area contributed by atoms with E-state index in [4.69, 9.17) is 10.5 Å². The molecule has 0 bridgehead atoms. The van der Waals surface area contributed by atoms with Gasteiger partial charge in [0, 0.05) is 24.9 Å². The Bertz CT molecular complexity index is 787. The number of benzene rings is 1. The molecule has 0 radical (unpaired) electrons. The van der Waals surface area contributed by atoms with E-state index in [1.165, 1.54) is 11.8 Å². The molecule has 1 amide bonds. The van der Waals surface area contributed by atoms with E-state index in [0.29, 0.717) is 41.2 Å². The van der Waals surface area contributed by atoms with Crippen LogP contribution >= 0.6 is 11.8 Å². The number of carbonyl (C=O) groups is 2. The zero-order valence-corrected chi connectivity index (χ0v) is 17.0. The first-order valence-corrected chi connectivity index (χ1v) is 9.75. The van der Waals surface area contributed by atoms with E-state index in [9.17, 15) is 9.59 Å². The third-order valence-electron chi connectivity index (χ3n) is 3.96. The summed E-state index contributed by atoms with van der Waals surface area (Å²) in [4.78, 5) is 23.8. The third-order valence-corrected chi connectivity index (χ3v) is 5.04. The number of methoxy groups -OCH3 is 1. The molecule has 0 spiro atoms. The minimum Gasteiger partial charge on any atom is -0.497 e. The van der Waals surface area contributed by atoms with Gasteiger partial charge in [-0.05, 0) is 37.1 Å². The molecular weight excluding hydrogens is 364 g/mol. The lowest BCUT2D eigenvalue weighted by Gasteiger charge is -2.14. The van der Waals surface area contributed by atoms with Gasteiger partial charge in [0.15, 0.2) is 10.9 Å². The molecule has 0 aliphatic heterocycles. The Morgan fingerprint density at radius 1 is 1.19 bits per heavy atom. The van der Waals surface area contributed by atoms with Gasteiger partial charge in [-0.25, -0.2) is 0 Å². The first kappa shape index (κ1) is 21.0. The Kier molecular flexibility index (Phi) is 7.41. The summed E-state index contributed by atoms with van der Waals surface area (Å²) in [7, 11) is 1.59. The smallest absolute Gasteiger partial charge is 0.217 e. The van der Waals surface area contributed by atoms with Crippen LogP contribution in [-0.4, -0.2) is 38.8 Å². The highest BCUT2D eigenvalue weighted by molar-refractivity contribution is 8.00. The number of ketones is 1. The van der Waals surface area contributed by atoms with Crippen molar-refractivity contribution >= 4 is 23.5 Å². The Morgan fingerprint density at radius 3 is 2.41 bits per heavy atom. The average Bonchev–Trinajstić information content (AvgIpc) is 3.00. The molecule has 27 heavy (non-hydrogen) atoms. The van der Waals surface area contributed by atoms with Gasteiger partial charge in [-0.3, -0.25) is 9.59 Å². The molecule has 0 saturated heterocycles. The zero-order chi connectivity index (χ0) is 20.0. The highest BCUT2D eigenvalue weighted by Gasteiger charge is 2.22. The van der Waals surface area contributed by atoms with Crippen LogP contribution in [0.25, 0.3) is 0 Å². The van der Waals surface area contributed by atoms with E-state index in [1.807, 2.05) is 11.5 Å². The Labute approximate surface area is 163 Å². The Morgan fingerprint density at radius 2 is 1.85 bits per heavy atom. The first-order valence-electron chi connectivity index (χ1n) is 8.87. The molecular formula is C19H26N4O3S. The standard InChI is InChI=1S/C19H26N4O3S/c1-12(2)11-23-17(10-9-16(20)24)21-22-19(23)27-13(3)18(25)14-5-7-15(26-4)8-6-14/h5-8,12-13H,9-11H2,1-4H3,(H2,20,24)/t13-/m0/s1. The summed E-state index contributed by atoms with van der Waals surface area (Å²) >= 11 is 1.37. The number of aryl methyl sites for hydroxylation is 1. The molecule has 146 valence electrons. The molecule has 1 heterocycles. The molecule has 0 saturated carbocycles. The van der Waals surface area contributed by atoms with Crippen LogP contribution in [0.5, 0.6) is 5.75 Å². The second kappa shape index (κ2) is 9.55. The fourth-order valence-electron chi connectivity index (χ4n) is 2.58. The van der Waals surface area contributed by atoms with Gasteiger partial charge in [0.05, 0.1) is 12.4 Å². The largest absolute Gasteiger partial charge is 0.497 e. The van der Waals surface area contributed by atoms with E-state index in [1.54, 1.807) is 31.4 Å². The van der Waals surface area contributed by atoms with Crippen molar-refractivity contribution in [2.75, 3.05) is 7.11 Å². The van der Waals surface area contributed by atoms with Crippen molar-refractivity contribution in [2.45, 2.75) is 50.6 Å². The molecule has 1 atom stereocenters. The van der Waals surface area contributed by atoms with Gasteiger partial charge >= 0.3 is 0 Å². The van der Waals surface area contributed by atoms with Gasteiger partial charge in [-0.2, -0.15) is 0 Å². The first-order chi connectivity index (χ1) is 12.8. The molecule has 7 nitrogen and oxygen atoms in total. The third kappa shape index (κ3) is 5.82. The summed E-state index contributed by atoms with van der Waals surface area (Å²) in [6.07, 6.45) is 0.664. The van der Waals surface area contributed by atoms with Gasteiger partial charge < -0.3 is 15.0 Å². The lowest BCUT2D eigenvalue weighted by atomic mass is 10.1. The molecule has 8 heteroatoms. The number of Topliss-reactive ketones (excluding diaryl/α,β-unsaturated/α-hetero) is 1. The van der Waals surface area contributed by atoms with Crippen molar-refractivity contribution in [1.82, 2.24) is 14.8 Å². The average molecular weight is 391 g/mol. The van der Waals surface area contributed by atoms with Gasteiger partial charge in [0.25, 0.3) is 0 Å². The van der Waals surface area contributed by atoms with Gasteiger partial charge in [-0.15, -0.1) is 10.2 Å². The van der Waals surface area contributed by atoms with Crippen molar-refractivity contribution in [2.24, 2.45) is 11.7 Å². The summed E-state index contributed by atoms with van der Waals surface area (Å²) in [5.74, 6) is 1.45. The summed E-state index contributed by atoms with van der Waals surface area (Å²) in [6, 6.07) is 7.06. The predicted molar refractivity (Wildman–Crippen MR) is 105 cm³/mol. The maximum absolute atomic E-state index is 12.7. The molecule has 0 aliphatic carbocycles. The number of nitrogens with zero attached hydrogens (tertiary/aromatic N) is 3. The predicted octanol–water partition coefficient (Wildman–Crippen LogP) is 2.72. The van der Waals surface area contributed by atoms with Crippen LogP contribution in [0.4, 0.5) is 0 Å². The van der Waals surface area contributed by atoms with Crippen LogP contribution in [0.3, 0.4) is 0 Å². The van der Waals surface area contributed by atoms with E-state index in [2.05, 4.69) is 24.0 Å². The van der Waals surface area contributed by atoms with E-state index in [0.717, 1.165) is 0 Å². The minimum absolute atomic E-state index is 0.0143. The fraction of sp³-hybridized carbons (Fsp3) is 0.474. The molecule has 2 N–H and O–H groups in total. The number of carbonyl (C=O) groups excluding carboxylic acids is 2. The second-order valence-electron chi connectivity index (χ2n) is 6.72. The molecule has 2 rings (SSSR count). The molecule has 2 aromatic rings. The number of amides is 1. The molecule has 0 unspecified atom stereocenters. The molecule has 0 fully saturated rings. The van der Waals surface area contributed by atoms with Crippen molar-refractivity contribution in [3.05, 3.63) is 35.7 Å². The number of primary amides is 1. The maximum Gasteiger partial charge on any atom is 0.217 e. The summed E-state index contributed by atoms with van der Waals surface area (Å²) in [5, 5.41) is 8.80. The number of hydrogen-bond acceptors (Lipinski definition) is 6. The number of thioether (sulfide) groups is 1. The van der Waals surface area contributed by atoms with E-state index >= 15 is 0 Å². The van der Waals surface area contributed by atoms with Crippen molar-refractivity contribution in [3.8, 4) is 5.75 Å². The van der Waals surface area contributed by atoms with Gasteiger partial charge in [0.2, 0.25) is 5.91 Å². The van der Waals surface area contributed by atoms with Crippen LogP contribution in [0.2, 0.25) is 0 Å². The Hall–Kier alpha value is -2.35. The number of nitrogens with two attached hydrogens (primary N) is 1. The van der Waals surface area contributed by atoms with Crippen molar-refractivity contribution < 1.29 is 14.3 Å². The molecule has 1 aromatic heterocycles.